The van der Waals surface area contributed by atoms with Crippen LogP contribution < -0.4 is 14.7 Å². The Hall–Kier alpha value is -3.71. The van der Waals surface area contributed by atoms with E-state index in [1.165, 1.54) is 24.3 Å². The maximum atomic E-state index is 13.8. The average Bonchev–Trinajstić information content (AvgIpc) is 3.23. The number of benzene rings is 3. The fourth-order valence-corrected chi connectivity index (χ4v) is 4.55. The molecule has 0 N–H and O–H groups in total. The maximum Gasteiger partial charge on any atom is 0.266 e. The Bertz CT molecular complexity index is 1170. The molecule has 0 bridgehead atoms. The Balaban J connectivity index is 1.62. The summed E-state index contributed by atoms with van der Waals surface area (Å²) in [5.74, 6) is -0.622. The zero-order valence-corrected chi connectivity index (χ0v) is 17.6. The molecule has 2 fully saturated rings. The van der Waals surface area contributed by atoms with Gasteiger partial charge in [-0.1, -0.05) is 30.3 Å². The first-order valence-electron chi connectivity index (χ1n) is 10.2. The molecule has 32 heavy (non-hydrogen) atoms. The molecule has 0 aliphatic carbocycles. The van der Waals surface area contributed by atoms with E-state index in [1.807, 2.05) is 54.6 Å². The van der Waals surface area contributed by atoms with E-state index in [4.69, 9.17) is 9.57 Å². The highest BCUT2D eigenvalue weighted by atomic mass is 19.1. The minimum atomic E-state index is -1.20. The minimum absolute atomic E-state index is 0.320. The third kappa shape index (κ3) is 2.89. The molecular formula is C25H21FN2O4. The Morgan fingerprint density at radius 2 is 1.56 bits per heavy atom. The molecule has 2 aliphatic rings. The molecule has 5 rings (SSSR count). The van der Waals surface area contributed by atoms with Crippen LogP contribution in [0.25, 0.3) is 0 Å². The normalized spacial score (nSPS) is 24.7. The van der Waals surface area contributed by atoms with Crippen LogP contribution >= 0.6 is 0 Å². The zero-order chi connectivity index (χ0) is 22.5. The van der Waals surface area contributed by atoms with E-state index in [9.17, 15) is 14.0 Å². The van der Waals surface area contributed by atoms with E-state index in [-0.39, 0.29) is 0 Å². The summed E-state index contributed by atoms with van der Waals surface area (Å²) >= 11 is 0. The number of halogens is 1. The van der Waals surface area contributed by atoms with Crippen LogP contribution in [-0.2, 0) is 14.4 Å². The van der Waals surface area contributed by atoms with Gasteiger partial charge >= 0.3 is 0 Å². The lowest BCUT2D eigenvalue weighted by Gasteiger charge is -2.32. The Labute approximate surface area is 184 Å². The quantitative estimate of drug-likeness (QED) is 0.576. The second-order valence-electron chi connectivity index (χ2n) is 8.06. The van der Waals surface area contributed by atoms with Crippen molar-refractivity contribution in [2.24, 2.45) is 5.41 Å². The molecule has 0 aromatic heterocycles. The highest BCUT2D eigenvalue weighted by Crippen LogP contribution is 2.55. The second kappa shape index (κ2) is 7.46. The van der Waals surface area contributed by atoms with Crippen molar-refractivity contribution in [2.75, 3.05) is 17.1 Å². The number of hydrogen-bond acceptors (Lipinski definition) is 5. The van der Waals surface area contributed by atoms with Gasteiger partial charge in [0, 0.05) is 0 Å². The number of hydroxylamine groups is 1. The van der Waals surface area contributed by atoms with Crippen LogP contribution in [0.3, 0.4) is 0 Å². The van der Waals surface area contributed by atoms with Crippen molar-refractivity contribution in [1.29, 1.82) is 0 Å². The molecule has 0 unspecified atom stereocenters. The van der Waals surface area contributed by atoms with Gasteiger partial charge in [-0.15, -0.1) is 0 Å². The standard InChI is InChI=1S/C25H21FN2O4/c1-25-21(16-8-14-20(31-2)15-9-16)28(19-6-4-3-5-7-19)32-22(25)23(29)27(24(25)30)18-12-10-17(26)11-13-18/h3-15,21-22H,1-2H3/t21-,22-,25-/m0/s1. The van der Waals surface area contributed by atoms with Gasteiger partial charge in [0.05, 0.1) is 24.5 Å². The van der Waals surface area contributed by atoms with Crippen molar-refractivity contribution >= 4 is 23.2 Å². The lowest BCUT2D eigenvalue weighted by molar-refractivity contribution is -0.128. The second-order valence-corrected chi connectivity index (χ2v) is 8.06. The summed E-state index contributed by atoms with van der Waals surface area (Å²) in [6.07, 6.45) is -1.02. The van der Waals surface area contributed by atoms with Gasteiger partial charge in [-0.2, -0.15) is 0 Å². The Kier molecular flexibility index (Phi) is 4.71. The third-order valence-corrected chi connectivity index (χ3v) is 6.20. The van der Waals surface area contributed by atoms with Crippen LogP contribution in [0, 0.1) is 11.2 Å². The molecule has 162 valence electrons. The molecule has 0 radical (unpaired) electrons. The lowest BCUT2D eigenvalue weighted by Crippen LogP contribution is -2.41. The molecule has 6 nitrogen and oxygen atoms in total. The lowest BCUT2D eigenvalue weighted by atomic mass is 9.76. The van der Waals surface area contributed by atoms with Crippen molar-refractivity contribution in [2.45, 2.75) is 19.1 Å². The van der Waals surface area contributed by atoms with Gasteiger partial charge in [0.1, 0.15) is 17.0 Å². The number of imide groups is 1. The van der Waals surface area contributed by atoms with Crippen molar-refractivity contribution in [3.05, 3.63) is 90.2 Å². The molecular weight excluding hydrogens is 411 g/mol. The predicted octanol–water partition coefficient (Wildman–Crippen LogP) is 4.28. The van der Waals surface area contributed by atoms with Gasteiger partial charge in [-0.25, -0.2) is 14.4 Å². The Morgan fingerprint density at radius 1 is 0.906 bits per heavy atom. The SMILES string of the molecule is COc1ccc([C@@H]2N(c3ccccc3)O[C@H]3C(=O)N(c4ccc(F)cc4)C(=O)[C@@]23C)cc1. The van der Waals surface area contributed by atoms with Gasteiger partial charge in [0.15, 0.2) is 6.10 Å². The first-order valence-corrected chi connectivity index (χ1v) is 10.2. The van der Waals surface area contributed by atoms with Crippen molar-refractivity contribution in [3.8, 4) is 5.75 Å². The molecule has 0 saturated carbocycles. The van der Waals surface area contributed by atoms with E-state index in [2.05, 4.69) is 0 Å². The van der Waals surface area contributed by atoms with Gasteiger partial charge in [-0.3, -0.25) is 14.4 Å². The number of hydrogen-bond donors (Lipinski definition) is 0. The van der Waals surface area contributed by atoms with Crippen LogP contribution in [0.1, 0.15) is 18.5 Å². The molecule has 3 aromatic carbocycles. The summed E-state index contributed by atoms with van der Waals surface area (Å²) in [6, 6.07) is 21.5. The van der Waals surface area contributed by atoms with Crippen molar-refractivity contribution in [3.63, 3.8) is 0 Å². The van der Waals surface area contributed by atoms with E-state index in [0.29, 0.717) is 11.4 Å². The fraction of sp³-hybridized carbons (Fsp3) is 0.200. The number of amides is 2. The summed E-state index contributed by atoms with van der Waals surface area (Å²) < 4.78 is 18.7. The topological polar surface area (TPSA) is 59.1 Å². The average molecular weight is 432 g/mol. The van der Waals surface area contributed by atoms with Crippen LogP contribution in [0.2, 0.25) is 0 Å². The highest BCUT2D eigenvalue weighted by molar-refractivity contribution is 6.25. The molecule has 7 heteroatoms. The number of para-hydroxylation sites is 1. The number of anilines is 2. The summed E-state index contributed by atoms with van der Waals surface area (Å²) in [6.45, 7) is 1.75. The first kappa shape index (κ1) is 20.2. The van der Waals surface area contributed by atoms with Gasteiger partial charge < -0.3 is 4.74 Å². The number of methoxy groups -OCH3 is 1. The van der Waals surface area contributed by atoms with E-state index >= 15 is 0 Å². The monoisotopic (exact) mass is 432 g/mol. The van der Waals surface area contributed by atoms with Crippen LogP contribution in [-0.4, -0.2) is 25.0 Å². The molecule has 2 saturated heterocycles. The van der Waals surface area contributed by atoms with E-state index < -0.39 is 35.2 Å². The smallest absolute Gasteiger partial charge is 0.266 e. The highest BCUT2D eigenvalue weighted by Gasteiger charge is 2.68. The molecule has 2 amide bonds. The number of nitrogens with zero attached hydrogens (tertiary/aromatic N) is 2. The van der Waals surface area contributed by atoms with Crippen molar-refractivity contribution < 1.29 is 23.6 Å². The zero-order valence-electron chi connectivity index (χ0n) is 17.6. The van der Waals surface area contributed by atoms with Crippen molar-refractivity contribution in [1.82, 2.24) is 0 Å². The summed E-state index contributed by atoms with van der Waals surface area (Å²) in [5.41, 5.74) is 0.663. The molecule has 3 atom stereocenters. The molecule has 0 spiro atoms. The first-order chi connectivity index (χ1) is 15.4. The third-order valence-electron chi connectivity index (χ3n) is 6.20. The Morgan fingerprint density at radius 3 is 2.19 bits per heavy atom. The van der Waals surface area contributed by atoms with Crippen LogP contribution in [0.5, 0.6) is 5.75 Å². The van der Waals surface area contributed by atoms with Gasteiger partial charge in [0.25, 0.3) is 5.91 Å². The molecule has 3 aromatic rings. The predicted molar refractivity (Wildman–Crippen MR) is 117 cm³/mol. The number of rotatable bonds is 4. The van der Waals surface area contributed by atoms with Gasteiger partial charge in [-0.05, 0) is 61.0 Å². The minimum Gasteiger partial charge on any atom is -0.497 e. The number of fused-ring (bicyclic) bond motifs is 1. The van der Waals surface area contributed by atoms with E-state index in [0.717, 1.165) is 16.2 Å². The largest absolute Gasteiger partial charge is 0.497 e. The summed E-state index contributed by atoms with van der Waals surface area (Å²) in [5, 5.41) is 1.64. The fourth-order valence-electron chi connectivity index (χ4n) is 4.55. The molecule has 2 heterocycles. The number of carbonyl (C=O) groups excluding carboxylic acids is 2. The number of carbonyl (C=O) groups is 2. The number of ether oxygens (including phenoxy) is 1. The van der Waals surface area contributed by atoms with Crippen LogP contribution in [0.4, 0.5) is 15.8 Å². The summed E-state index contributed by atoms with van der Waals surface area (Å²) in [7, 11) is 1.58. The molecule has 2 aliphatic heterocycles. The van der Waals surface area contributed by atoms with E-state index in [1.54, 1.807) is 19.1 Å². The maximum absolute atomic E-state index is 13.8. The summed E-state index contributed by atoms with van der Waals surface area (Å²) in [4.78, 5) is 34.4. The van der Waals surface area contributed by atoms with Gasteiger partial charge in [0.2, 0.25) is 5.91 Å². The van der Waals surface area contributed by atoms with Crippen LogP contribution in [0.15, 0.2) is 78.9 Å².